The van der Waals surface area contributed by atoms with Crippen LogP contribution in [-0.4, -0.2) is 26.5 Å². The number of rotatable bonds is 4. The molecule has 0 atom stereocenters. The van der Waals surface area contributed by atoms with Crippen LogP contribution in [0.1, 0.15) is 37.9 Å². The van der Waals surface area contributed by atoms with Gasteiger partial charge < -0.3 is 5.32 Å². The van der Waals surface area contributed by atoms with Crippen LogP contribution in [0.2, 0.25) is 0 Å². The molecule has 0 aliphatic rings. The van der Waals surface area contributed by atoms with Gasteiger partial charge in [-0.2, -0.15) is 0 Å². The summed E-state index contributed by atoms with van der Waals surface area (Å²) in [5.74, 6) is 1.92. The summed E-state index contributed by atoms with van der Waals surface area (Å²) < 4.78 is 0. The number of anilines is 1. The van der Waals surface area contributed by atoms with Gasteiger partial charge >= 0.3 is 0 Å². The molecule has 0 bridgehead atoms. The van der Waals surface area contributed by atoms with Gasteiger partial charge in [-0.1, -0.05) is 13.8 Å². The fraction of sp³-hybridized carbons (Fsp3) is 0.429. The van der Waals surface area contributed by atoms with E-state index < -0.39 is 0 Å². The molecule has 0 fully saturated rings. The first-order chi connectivity index (χ1) is 9.13. The van der Waals surface area contributed by atoms with E-state index in [1.807, 2.05) is 13.0 Å². The van der Waals surface area contributed by atoms with Crippen molar-refractivity contribution < 1.29 is 0 Å². The number of hydrogen-bond acceptors (Lipinski definition) is 5. The normalized spacial score (nSPS) is 10.8. The molecule has 0 unspecified atom stereocenters. The van der Waals surface area contributed by atoms with E-state index in [1.165, 1.54) is 11.9 Å². The standard InChI is InChI=1S/C14H19N5/c1-5-16-14-12(9(2)3)10(4)18-13(19-14)11-6-7-15-8-17-11/h6-9H,5H2,1-4H3,(H,16,18,19). The highest BCUT2D eigenvalue weighted by Crippen LogP contribution is 2.27. The Balaban J connectivity index is 2.54. The van der Waals surface area contributed by atoms with Gasteiger partial charge in [0.05, 0.1) is 0 Å². The van der Waals surface area contributed by atoms with Crippen LogP contribution < -0.4 is 5.32 Å². The number of hydrogen-bond donors (Lipinski definition) is 1. The van der Waals surface area contributed by atoms with E-state index in [9.17, 15) is 0 Å². The summed E-state index contributed by atoms with van der Waals surface area (Å²) in [6, 6.07) is 1.82. The predicted molar refractivity (Wildman–Crippen MR) is 76.0 cm³/mol. The smallest absolute Gasteiger partial charge is 0.180 e. The van der Waals surface area contributed by atoms with Crippen LogP contribution in [0.4, 0.5) is 5.82 Å². The molecule has 5 heteroatoms. The van der Waals surface area contributed by atoms with Crippen LogP contribution in [0.15, 0.2) is 18.6 Å². The Morgan fingerprint density at radius 2 is 2.05 bits per heavy atom. The van der Waals surface area contributed by atoms with Gasteiger partial charge in [0.2, 0.25) is 0 Å². The van der Waals surface area contributed by atoms with Gasteiger partial charge in [0.25, 0.3) is 0 Å². The SMILES string of the molecule is CCNc1nc(-c2ccncn2)nc(C)c1C(C)C. The molecule has 2 heterocycles. The fourth-order valence-corrected chi connectivity index (χ4v) is 2.11. The topological polar surface area (TPSA) is 63.6 Å². The molecular formula is C14H19N5. The van der Waals surface area contributed by atoms with Crippen LogP contribution in [0.25, 0.3) is 11.5 Å². The number of nitrogens with one attached hydrogen (secondary N) is 1. The number of nitrogens with zero attached hydrogens (tertiary/aromatic N) is 4. The average Bonchev–Trinajstić information content (AvgIpc) is 2.39. The maximum absolute atomic E-state index is 4.60. The molecule has 0 aliphatic heterocycles. The molecule has 1 N–H and O–H groups in total. The lowest BCUT2D eigenvalue weighted by Gasteiger charge is -2.16. The minimum absolute atomic E-state index is 0.383. The van der Waals surface area contributed by atoms with Crippen LogP contribution >= 0.6 is 0 Å². The van der Waals surface area contributed by atoms with E-state index in [0.29, 0.717) is 11.7 Å². The van der Waals surface area contributed by atoms with Crippen molar-refractivity contribution in [3.05, 3.63) is 29.8 Å². The lowest BCUT2D eigenvalue weighted by molar-refractivity contribution is 0.830. The number of aromatic nitrogens is 4. The first-order valence-electron chi connectivity index (χ1n) is 6.52. The molecular weight excluding hydrogens is 238 g/mol. The molecule has 0 amide bonds. The van der Waals surface area contributed by atoms with E-state index in [0.717, 1.165) is 23.8 Å². The summed E-state index contributed by atoms with van der Waals surface area (Å²) in [4.78, 5) is 17.3. The second kappa shape index (κ2) is 5.73. The predicted octanol–water partition coefficient (Wildman–Crippen LogP) is 2.80. The molecule has 19 heavy (non-hydrogen) atoms. The van der Waals surface area contributed by atoms with Crippen molar-refractivity contribution in [2.45, 2.75) is 33.6 Å². The Morgan fingerprint density at radius 3 is 2.63 bits per heavy atom. The van der Waals surface area contributed by atoms with Crippen LogP contribution in [-0.2, 0) is 0 Å². The Hall–Kier alpha value is -2.04. The second-order valence-corrected chi connectivity index (χ2v) is 4.67. The van der Waals surface area contributed by atoms with Crippen LogP contribution in [0, 0.1) is 6.92 Å². The Morgan fingerprint density at radius 1 is 1.26 bits per heavy atom. The summed E-state index contributed by atoms with van der Waals surface area (Å²) in [7, 11) is 0. The summed E-state index contributed by atoms with van der Waals surface area (Å²) in [6.07, 6.45) is 3.21. The molecule has 0 spiro atoms. The minimum atomic E-state index is 0.383. The van der Waals surface area contributed by atoms with Gasteiger partial charge in [0.15, 0.2) is 5.82 Å². The highest BCUT2D eigenvalue weighted by molar-refractivity contribution is 5.57. The van der Waals surface area contributed by atoms with Crippen molar-refractivity contribution in [1.29, 1.82) is 0 Å². The van der Waals surface area contributed by atoms with E-state index in [2.05, 4.69) is 46.0 Å². The molecule has 5 nitrogen and oxygen atoms in total. The largest absolute Gasteiger partial charge is 0.370 e. The van der Waals surface area contributed by atoms with Gasteiger partial charge in [-0.25, -0.2) is 19.9 Å². The van der Waals surface area contributed by atoms with Crippen LogP contribution in [0.3, 0.4) is 0 Å². The molecule has 0 aromatic carbocycles. The summed E-state index contributed by atoms with van der Waals surface area (Å²) in [6.45, 7) is 9.21. The summed E-state index contributed by atoms with van der Waals surface area (Å²) in [5.41, 5.74) is 2.90. The molecule has 100 valence electrons. The third kappa shape index (κ3) is 2.86. The lowest BCUT2D eigenvalue weighted by atomic mass is 10.0. The Labute approximate surface area is 113 Å². The first kappa shape index (κ1) is 13.4. The average molecular weight is 257 g/mol. The van der Waals surface area contributed by atoms with Gasteiger partial charge in [-0.05, 0) is 25.8 Å². The zero-order valence-electron chi connectivity index (χ0n) is 11.8. The van der Waals surface area contributed by atoms with E-state index in [4.69, 9.17) is 0 Å². The molecule has 2 rings (SSSR count). The molecule has 0 saturated carbocycles. The summed E-state index contributed by atoms with van der Waals surface area (Å²) >= 11 is 0. The van der Waals surface area contributed by atoms with Gasteiger partial charge in [-0.3, -0.25) is 0 Å². The highest BCUT2D eigenvalue weighted by Gasteiger charge is 2.15. The van der Waals surface area contributed by atoms with E-state index >= 15 is 0 Å². The summed E-state index contributed by atoms with van der Waals surface area (Å²) in [5, 5.41) is 3.31. The first-order valence-corrected chi connectivity index (χ1v) is 6.52. The van der Waals surface area contributed by atoms with Crippen molar-refractivity contribution in [1.82, 2.24) is 19.9 Å². The zero-order valence-corrected chi connectivity index (χ0v) is 11.8. The van der Waals surface area contributed by atoms with Crippen molar-refractivity contribution in [2.24, 2.45) is 0 Å². The molecule has 0 aliphatic carbocycles. The Kier molecular flexibility index (Phi) is 4.04. The van der Waals surface area contributed by atoms with E-state index in [1.54, 1.807) is 6.20 Å². The van der Waals surface area contributed by atoms with Gasteiger partial charge in [0.1, 0.15) is 17.8 Å². The van der Waals surface area contributed by atoms with E-state index in [-0.39, 0.29) is 0 Å². The van der Waals surface area contributed by atoms with Crippen molar-refractivity contribution in [3.8, 4) is 11.5 Å². The minimum Gasteiger partial charge on any atom is -0.370 e. The van der Waals surface area contributed by atoms with Gasteiger partial charge in [-0.15, -0.1) is 0 Å². The maximum Gasteiger partial charge on any atom is 0.180 e. The van der Waals surface area contributed by atoms with Crippen LogP contribution in [0.5, 0.6) is 0 Å². The third-order valence-corrected chi connectivity index (χ3v) is 2.87. The highest BCUT2D eigenvalue weighted by atomic mass is 15.0. The van der Waals surface area contributed by atoms with Crippen molar-refractivity contribution in [2.75, 3.05) is 11.9 Å². The van der Waals surface area contributed by atoms with Gasteiger partial charge in [0, 0.05) is 24.0 Å². The lowest BCUT2D eigenvalue weighted by Crippen LogP contribution is -2.09. The van der Waals surface area contributed by atoms with Crippen molar-refractivity contribution >= 4 is 5.82 Å². The zero-order chi connectivity index (χ0) is 13.8. The maximum atomic E-state index is 4.60. The second-order valence-electron chi connectivity index (χ2n) is 4.67. The fourth-order valence-electron chi connectivity index (χ4n) is 2.11. The third-order valence-electron chi connectivity index (χ3n) is 2.87. The molecule has 0 radical (unpaired) electrons. The quantitative estimate of drug-likeness (QED) is 0.912. The molecule has 0 saturated heterocycles. The number of aryl methyl sites for hydroxylation is 1. The molecule has 2 aromatic rings. The molecule has 2 aromatic heterocycles. The monoisotopic (exact) mass is 257 g/mol. The van der Waals surface area contributed by atoms with Crippen molar-refractivity contribution in [3.63, 3.8) is 0 Å². The Bertz CT molecular complexity index is 551.